The monoisotopic (exact) mass is 312 g/mol. The Kier molecular flexibility index (Phi) is 7.91. The molecule has 0 amide bonds. The molecule has 1 aliphatic heterocycles. The van der Waals surface area contributed by atoms with Crippen LogP contribution in [0.2, 0.25) is 0 Å². The van der Waals surface area contributed by atoms with Gasteiger partial charge >= 0.3 is 11.9 Å². The molecule has 3 unspecified atom stereocenters. The molecule has 4 nitrogen and oxygen atoms in total. The van der Waals surface area contributed by atoms with Gasteiger partial charge in [-0.25, -0.2) is 0 Å². The topological polar surface area (TPSA) is 52.6 Å². The zero-order chi connectivity index (χ0) is 16.7. The van der Waals surface area contributed by atoms with E-state index in [1.54, 1.807) is 0 Å². The van der Waals surface area contributed by atoms with Crippen molar-refractivity contribution in [1.29, 1.82) is 0 Å². The molecule has 1 saturated heterocycles. The normalized spacial score (nSPS) is 28.8. The molecule has 0 aliphatic carbocycles. The van der Waals surface area contributed by atoms with Crippen LogP contribution in [0.25, 0.3) is 0 Å². The van der Waals surface area contributed by atoms with Gasteiger partial charge < -0.3 is 9.47 Å². The minimum atomic E-state index is -0.459. The fourth-order valence-electron chi connectivity index (χ4n) is 2.95. The number of esters is 2. The van der Waals surface area contributed by atoms with Gasteiger partial charge in [-0.1, -0.05) is 47.5 Å². The molecular weight excluding hydrogens is 280 g/mol. The number of cyclic esters (lactones) is 2. The molecule has 1 aliphatic rings. The van der Waals surface area contributed by atoms with Crippen molar-refractivity contribution in [2.45, 2.75) is 85.4 Å². The van der Waals surface area contributed by atoms with Crippen LogP contribution in [0.15, 0.2) is 0 Å². The number of rotatable bonds is 3. The van der Waals surface area contributed by atoms with Crippen LogP contribution < -0.4 is 0 Å². The minimum absolute atomic E-state index is 0.0990. The van der Waals surface area contributed by atoms with Gasteiger partial charge in [0.05, 0.1) is 0 Å². The Hall–Kier alpha value is -1.06. The molecule has 0 aromatic heterocycles. The van der Waals surface area contributed by atoms with Gasteiger partial charge in [0.2, 0.25) is 0 Å². The van der Waals surface area contributed by atoms with Crippen molar-refractivity contribution in [1.82, 2.24) is 0 Å². The molecule has 0 saturated carbocycles. The summed E-state index contributed by atoms with van der Waals surface area (Å²) in [5.74, 6) is 0.176. The van der Waals surface area contributed by atoms with E-state index in [9.17, 15) is 9.59 Å². The SMILES string of the molecule is CCC1CCCC(C(C)C)OC(=O)CC(=O)OC(C(C)C)C1. The Morgan fingerprint density at radius 1 is 0.955 bits per heavy atom. The first-order chi connectivity index (χ1) is 10.3. The first kappa shape index (κ1) is 19.0. The average molecular weight is 312 g/mol. The van der Waals surface area contributed by atoms with Gasteiger partial charge in [-0.2, -0.15) is 0 Å². The molecule has 1 rings (SSSR count). The van der Waals surface area contributed by atoms with E-state index in [1.165, 1.54) is 0 Å². The maximum Gasteiger partial charge on any atom is 0.317 e. The van der Waals surface area contributed by atoms with E-state index in [2.05, 4.69) is 20.8 Å². The Balaban J connectivity index is 2.81. The zero-order valence-corrected chi connectivity index (χ0v) is 14.8. The summed E-state index contributed by atoms with van der Waals surface area (Å²) >= 11 is 0. The summed E-state index contributed by atoms with van der Waals surface area (Å²) in [6.45, 7) is 10.4. The summed E-state index contributed by atoms with van der Waals surface area (Å²) in [6, 6.07) is 0. The average Bonchev–Trinajstić information content (AvgIpc) is 2.41. The van der Waals surface area contributed by atoms with E-state index in [-0.39, 0.29) is 30.5 Å². The number of carbonyl (C=O) groups excluding carboxylic acids is 2. The minimum Gasteiger partial charge on any atom is -0.462 e. The number of hydrogen-bond donors (Lipinski definition) is 0. The van der Waals surface area contributed by atoms with Gasteiger partial charge in [0, 0.05) is 0 Å². The van der Waals surface area contributed by atoms with Crippen LogP contribution in [0.4, 0.5) is 0 Å². The molecule has 128 valence electrons. The van der Waals surface area contributed by atoms with E-state index < -0.39 is 11.9 Å². The molecule has 0 aromatic rings. The number of ether oxygens (including phenoxy) is 2. The van der Waals surface area contributed by atoms with Crippen molar-refractivity contribution in [3.8, 4) is 0 Å². The lowest BCUT2D eigenvalue weighted by Gasteiger charge is -2.28. The van der Waals surface area contributed by atoms with E-state index in [0.717, 1.165) is 32.1 Å². The van der Waals surface area contributed by atoms with Gasteiger partial charge in [-0.15, -0.1) is 0 Å². The van der Waals surface area contributed by atoms with E-state index in [1.807, 2.05) is 13.8 Å². The van der Waals surface area contributed by atoms with Gasteiger partial charge in [-0.05, 0) is 37.0 Å². The summed E-state index contributed by atoms with van der Waals surface area (Å²) in [4.78, 5) is 23.9. The Morgan fingerprint density at radius 2 is 1.50 bits per heavy atom. The number of carbonyl (C=O) groups is 2. The fourth-order valence-corrected chi connectivity index (χ4v) is 2.95. The standard InChI is InChI=1S/C18H32O4/c1-6-14-8-7-9-15(12(2)3)21-17(19)11-18(20)22-16(10-14)13(4)5/h12-16H,6-11H2,1-5H3. The molecular formula is C18H32O4. The van der Waals surface area contributed by atoms with Gasteiger partial charge in [-0.3, -0.25) is 9.59 Å². The molecule has 1 fully saturated rings. The van der Waals surface area contributed by atoms with Crippen LogP contribution in [0.5, 0.6) is 0 Å². The van der Waals surface area contributed by atoms with Gasteiger partial charge in [0.15, 0.2) is 0 Å². The largest absolute Gasteiger partial charge is 0.462 e. The van der Waals surface area contributed by atoms with Crippen molar-refractivity contribution in [3.63, 3.8) is 0 Å². The Morgan fingerprint density at radius 3 is 2.00 bits per heavy atom. The Bertz CT molecular complexity index is 362. The van der Waals surface area contributed by atoms with Crippen LogP contribution in [-0.4, -0.2) is 24.1 Å². The quantitative estimate of drug-likeness (QED) is 0.581. The first-order valence-corrected chi connectivity index (χ1v) is 8.72. The maximum absolute atomic E-state index is 12.0. The van der Waals surface area contributed by atoms with Crippen LogP contribution in [-0.2, 0) is 19.1 Å². The summed E-state index contributed by atoms with van der Waals surface area (Å²) in [5, 5.41) is 0. The second kappa shape index (κ2) is 9.16. The van der Waals surface area contributed by atoms with E-state index in [4.69, 9.17) is 9.47 Å². The predicted molar refractivity (Wildman–Crippen MR) is 86.3 cm³/mol. The zero-order valence-electron chi connectivity index (χ0n) is 14.8. The van der Waals surface area contributed by atoms with Crippen molar-refractivity contribution in [2.75, 3.05) is 0 Å². The second-order valence-electron chi connectivity index (χ2n) is 7.16. The lowest BCUT2D eigenvalue weighted by molar-refractivity contribution is -0.164. The van der Waals surface area contributed by atoms with Crippen LogP contribution in [0.3, 0.4) is 0 Å². The van der Waals surface area contributed by atoms with Crippen LogP contribution in [0, 0.1) is 17.8 Å². The second-order valence-corrected chi connectivity index (χ2v) is 7.16. The Labute approximate surface area is 134 Å². The van der Waals surface area contributed by atoms with E-state index >= 15 is 0 Å². The molecule has 1 heterocycles. The first-order valence-electron chi connectivity index (χ1n) is 8.72. The molecule has 22 heavy (non-hydrogen) atoms. The van der Waals surface area contributed by atoms with Gasteiger partial charge in [0.1, 0.15) is 18.6 Å². The molecule has 4 heteroatoms. The maximum atomic E-state index is 12.0. The van der Waals surface area contributed by atoms with Crippen LogP contribution in [0.1, 0.15) is 73.1 Å². The highest BCUT2D eigenvalue weighted by molar-refractivity contribution is 5.91. The van der Waals surface area contributed by atoms with Crippen LogP contribution >= 0.6 is 0 Å². The summed E-state index contributed by atoms with van der Waals surface area (Å²) < 4.78 is 11.0. The van der Waals surface area contributed by atoms with Crippen molar-refractivity contribution < 1.29 is 19.1 Å². The third kappa shape index (κ3) is 6.37. The smallest absolute Gasteiger partial charge is 0.317 e. The molecule has 0 aromatic carbocycles. The van der Waals surface area contributed by atoms with Crippen molar-refractivity contribution in [2.24, 2.45) is 17.8 Å². The van der Waals surface area contributed by atoms with Gasteiger partial charge in [0.25, 0.3) is 0 Å². The van der Waals surface area contributed by atoms with E-state index in [0.29, 0.717) is 5.92 Å². The lowest BCUT2D eigenvalue weighted by Crippen LogP contribution is -2.30. The highest BCUT2D eigenvalue weighted by atomic mass is 16.6. The van der Waals surface area contributed by atoms with Crippen molar-refractivity contribution >= 4 is 11.9 Å². The third-order valence-electron chi connectivity index (χ3n) is 4.59. The highest BCUT2D eigenvalue weighted by Gasteiger charge is 2.27. The summed E-state index contributed by atoms with van der Waals surface area (Å²) in [6.07, 6.45) is 4.52. The molecule has 3 atom stereocenters. The predicted octanol–water partition coefficient (Wildman–Crippen LogP) is 4.11. The molecule has 0 radical (unpaired) electrons. The molecule has 0 N–H and O–H groups in total. The fraction of sp³-hybridized carbons (Fsp3) is 0.889. The highest BCUT2D eigenvalue weighted by Crippen LogP contribution is 2.26. The van der Waals surface area contributed by atoms with Crippen molar-refractivity contribution in [3.05, 3.63) is 0 Å². The molecule has 0 bridgehead atoms. The molecule has 0 spiro atoms. The summed E-state index contributed by atoms with van der Waals surface area (Å²) in [7, 11) is 0. The third-order valence-corrected chi connectivity index (χ3v) is 4.59. The lowest BCUT2D eigenvalue weighted by atomic mass is 9.88. The number of hydrogen-bond acceptors (Lipinski definition) is 4. The summed E-state index contributed by atoms with van der Waals surface area (Å²) in [5.41, 5.74) is 0.